The Morgan fingerprint density at radius 1 is 0.750 bits per heavy atom. The maximum Gasteiger partial charge on any atom is -0.0351 e. The molecule has 0 fully saturated rings. The molecule has 0 spiro atoms. The SMILES string of the molecule is C/C=C/CCCCC.C=C.C=CC.C=CCCCCC. The Balaban J connectivity index is -0.0000000974. The number of hydrogen-bond acceptors (Lipinski definition) is 0. The Bertz CT molecular complexity index is 165. The average Bonchev–Trinajstić information content (AvgIpc) is 2.48. The maximum atomic E-state index is 3.63. The molecular weight excluding hydrogens is 240 g/mol. The first-order valence-corrected chi connectivity index (χ1v) is 8.04. The Labute approximate surface area is 130 Å². The van der Waals surface area contributed by atoms with Gasteiger partial charge in [0, 0.05) is 0 Å². The van der Waals surface area contributed by atoms with Gasteiger partial charge in [0.1, 0.15) is 0 Å². The van der Waals surface area contributed by atoms with Gasteiger partial charge in [-0.05, 0) is 39.5 Å². The molecule has 20 heavy (non-hydrogen) atoms. The van der Waals surface area contributed by atoms with Gasteiger partial charge in [-0.15, -0.1) is 26.3 Å². The zero-order chi connectivity index (χ0) is 16.5. The summed E-state index contributed by atoms with van der Waals surface area (Å²) in [6.45, 7) is 21.4. The highest BCUT2D eigenvalue weighted by molar-refractivity contribution is 4.75. The molecule has 0 aliphatic rings. The molecule has 0 aliphatic heterocycles. The Kier molecular flexibility index (Phi) is 58.8. The van der Waals surface area contributed by atoms with E-state index in [1.807, 2.05) is 13.0 Å². The summed E-state index contributed by atoms with van der Waals surface area (Å²) in [7, 11) is 0. The predicted molar refractivity (Wildman–Crippen MR) is 100 cm³/mol. The minimum absolute atomic E-state index is 1.19. The van der Waals surface area contributed by atoms with Gasteiger partial charge in [-0.1, -0.05) is 63.8 Å². The number of unbranched alkanes of at least 4 members (excludes halogenated alkanes) is 6. The summed E-state index contributed by atoms with van der Waals surface area (Å²) in [5.74, 6) is 0. The third-order valence-corrected chi connectivity index (χ3v) is 2.22. The van der Waals surface area contributed by atoms with Crippen molar-refractivity contribution in [3.8, 4) is 0 Å². The molecule has 0 aromatic heterocycles. The van der Waals surface area contributed by atoms with Crippen molar-refractivity contribution in [1.82, 2.24) is 0 Å². The summed E-state index contributed by atoms with van der Waals surface area (Å²) in [6.07, 6.45) is 18.6. The van der Waals surface area contributed by atoms with Crippen LogP contribution in [0.5, 0.6) is 0 Å². The summed E-state index contributed by atoms with van der Waals surface area (Å²) >= 11 is 0. The largest absolute Gasteiger partial charge is 0.106 e. The standard InChI is InChI=1S/C8H16.C7H14.C3H6.C2H4/c1-3-5-7-8-6-4-2;1-3-5-7-6-4-2;1-3-2;1-2/h3,5H,4,6-8H2,1-2H3;3H,1,4-7H2,2H3;3H,1H2,2H3;1-2H2/b5-3+;;;. The Morgan fingerprint density at radius 3 is 1.45 bits per heavy atom. The molecule has 0 aromatic carbocycles. The topological polar surface area (TPSA) is 0 Å². The lowest BCUT2D eigenvalue weighted by molar-refractivity contribution is 0.729. The average molecular weight is 281 g/mol. The van der Waals surface area contributed by atoms with E-state index in [4.69, 9.17) is 0 Å². The minimum atomic E-state index is 1.19. The maximum absolute atomic E-state index is 3.63. The molecule has 0 unspecified atom stereocenters. The van der Waals surface area contributed by atoms with Crippen LogP contribution in [-0.4, -0.2) is 0 Å². The van der Waals surface area contributed by atoms with E-state index < -0.39 is 0 Å². The summed E-state index contributed by atoms with van der Waals surface area (Å²) in [4.78, 5) is 0. The van der Waals surface area contributed by atoms with Gasteiger partial charge in [0.2, 0.25) is 0 Å². The van der Waals surface area contributed by atoms with Gasteiger partial charge in [0.15, 0.2) is 0 Å². The first-order valence-electron chi connectivity index (χ1n) is 8.04. The lowest BCUT2D eigenvalue weighted by Crippen LogP contribution is -1.68. The van der Waals surface area contributed by atoms with Crippen LogP contribution in [0.15, 0.2) is 50.6 Å². The van der Waals surface area contributed by atoms with E-state index in [-0.39, 0.29) is 0 Å². The molecule has 0 atom stereocenters. The van der Waals surface area contributed by atoms with Crippen LogP contribution in [0.1, 0.15) is 79.1 Å². The lowest BCUT2D eigenvalue weighted by Gasteiger charge is -1.88. The van der Waals surface area contributed by atoms with E-state index in [1.54, 1.807) is 6.08 Å². The zero-order valence-corrected chi connectivity index (χ0v) is 14.8. The highest BCUT2D eigenvalue weighted by Crippen LogP contribution is 1.98. The van der Waals surface area contributed by atoms with Crippen molar-refractivity contribution in [3.05, 3.63) is 50.6 Å². The molecule has 0 rings (SSSR count). The van der Waals surface area contributed by atoms with E-state index in [9.17, 15) is 0 Å². The normalized spacial score (nSPS) is 8.20. The monoisotopic (exact) mass is 280 g/mol. The summed E-state index contributed by atoms with van der Waals surface area (Å²) in [6, 6.07) is 0. The summed E-state index contributed by atoms with van der Waals surface area (Å²) in [5.41, 5.74) is 0. The van der Waals surface area contributed by atoms with Crippen molar-refractivity contribution in [3.63, 3.8) is 0 Å². The fraction of sp³-hybridized carbons (Fsp3) is 0.600. The van der Waals surface area contributed by atoms with Crippen LogP contribution < -0.4 is 0 Å². The van der Waals surface area contributed by atoms with Crippen LogP contribution in [0.4, 0.5) is 0 Å². The van der Waals surface area contributed by atoms with Crippen LogP contribution in [0.2, 0.25) is 0 Å². The molecule has 0 radical (unpaired) electrons. The molecule has 0 aromatic rings. The van der Waals surface area contributed by atoms with Gasteiger partial charge in [-0.2, -0.15) is 0 Å². The molecule has 0 saturated carbocycles. The van der Waals surface area contributed by atoms with E-state index in [2.05, 4.69) is 59.2 Å². The highest BCUT2D eigenvalue weighted by atomic mass is 13.8. The first kappa shape index (κ1) is 27.3. The van der Waals surface area contributed by atoms with Crippen LogP contribution in [0, 0.1) is 0 Å². The van der Waals surface area contributed by atoms with Crippen LogP contribution in [-0.2, 0) is 0 Å². The molecule has 0 heteroatoms. The predicted octanol–water partition coefficient (Wildman–Crippen LogP) is 7.89. The van der Waals surface area contributed by atoms with Crippen molar-refractivity contribution >= 4 is 0 Å². The summed E-state index contributed by atoms with van der Waals surface area (Å²) < 4.78 is 0. The molecule has 0 bridgehead atoms. The quantitative estimate of drug-likeness (QED) is 0.313. The molecule has 0 nitrogen and oxygen atoms in total. The third-order valence-electron chi connectivity index (χ3n) is 2.22. The summed E-state index contributed by atoms with van der Waals surface area (Å²) in [5, 5.41) is 0. The van der Waals surface area contributed by atoms with Gasteiger partial charge in [-0.3, -0.25) is 0 Å². The van der Waals surface area contributed by atoms with Gasteiger partial charge in [0.25, 0.3) is 0 Å². The molecule has 0 N–H and O–H groups in total. The van der Waals surface area contributed by atoms with Crippen LogP contribution >= 0.6 is 0 Å². The third kappa shape index (κ3) is 68.2. The molecule has 0 heterocycles. The Hall–Kier alpha value is -1.04. The van der Waals surface area contributed by atoms with Crippen molar-refractivity contribution in [2.45, 2.75) is 79.1 Å². The smallest absolute Gasteiger partial charge is 0.0351 e. The van der Waals surface area contributed by atoms with E-state index in [0.717, 1.165) is 0 Å². The first-order chi connectivity index (χ1) is 9.74. The number of hydrogen-bond donors (Lipinski definition) is 0. The zero-order valence-electron chi connectivity index (χ0n) is 14.8. The van der Waals surface area contributed by atoms with Crippen molar-refractivity contribution in [2.24, 2.45) is 0 Å². The van der Waals surface area contributed by atoms with Crippen molar-refractivity contribution in [2.75, 3.05) is 0 Å². The van der Waals surface area contributed by atoms with Gasteiger partial charge < -0.3 is 0 Å². The fourth-order valence-electron chi connectivity index (χ4n) is 1.22. The molecular formula is C20H40. The second kappa shape index (κ2) is 43.0. The van der Waals surface area contributed by atoms with Crippen LogP contribution in [0.25, 0.3) is 0 Å². The second-order valence-electron chi connectivity index (χ2n) is 4.26. The van der Waals surface area contributed by atoms with Crippen molar-refractivity contribution < 1.29 is 0 Å². The van der Waals surface area contributed by atoms with E-state index in [1.165, 1.54) is 51.4 Å². The molecule has 0 aliphatic carbocycles. The van der Waals surface area contributed by atoms with Gasteiger partial charge in [-0.25, -0.2) is 0 Å². The van der Waals surface area contributed by atoms with Gasteiger partial charge >= 0.3 is 0 Å². The number of rotatable bonds is 8. The van der Waals surface area contributed by atoms with E-state index >= 15 is 0 Å². The minimum Gasteiger partial charge on any atom is -0.106 e. The van der Waals surface area contributed by atoms with Crippen molar-refractivity contribution in [1.29, 1.82) is 0 Å². The Morgan fingerprint density at radius 2 is 1.15 bits per heavy atom. The molecule has 0 amide bonds. The number of allylic oxidation sites excluding steroid dienone is 4. The van der Waals surface area contributed by atoms with E-state index in [0.29, 0.717) is 0 Å². The fourth-order valence-corrected chi connectivity index (χ4v) is 1.22. The molecule has 120 valence electrons. The van der Waals surface area contributed by atoms with Gasteiger partial charge in [0.05, 0.1) is 0 Å². The second-order valence-corrected chi connectivity index (χ2v) is 4.26. The molecule has 0 saturated heterocycles. The lowest BCUT2D eigenvalue weighted by atomic mass is 10.2. The highest BCUT2D eigenvalue weighted by Gasteiger charge is 1.78. The van der Waals surface area contributed by atoms with Crippen LogP contribution in [0.3, 0.4) is 0 Å².